The van der Waals surface area contributed by atoms with Crippen LogP contribution in [0.5, 0.6) is 0 Å². The van der Waals surface area contributed by atoms with Crippen LogP contribution >= 0.6 is 0 Å². The number of fused-ring (bicyclic) bond motifs is 3. The molecule has 4 aromatic rings. The maximum absolute atomic E-state index is 6.22. The molecule has 0 amide bonds. The molecule has 0 bridgehead atoms. The standard InChI is InChI=1S/C20H17NO/c1-14-8-6-11-16-17-12-7-13-18(20(17)22-19(14)16)21(2)15-9-4-3-5-10-15/h3-13H,1-2H3. The monoisotopic (exact) mass is 287 g/mol. The zero-order chi connectivity index (χ0) is 15.1. The van der Waals surface area contributed by atoms with E-state index in [9.17, 15) is 0 Å². The smallest absolute Gasteiger partial charge is 0.159 e. The van der Waals surface area contributed by atoms with E-state index in [1.165, 1.54) is 16.3 Å². The third kappa shape index (κ3) is 1.88. The Kier molecular flexibility index (Phi) is 2.90. The van der Waals surface area contributed by atoms with E-state index >= 15 is 0 Å². The SMILES string of the molecule is Cc1cccc2c1oc1c(N(C)c3ccccc3)cccc12. The van der Waals surface area contributed by atoms with Crippen molar-refractivity contribution in [3.8, 4) is 0 Å². The van der Waals surface area contributed by atoms with Crippen molar-refractivity contribution in [2.45, 2.75) is 6.92 Å². The van der Waals surface area contributed by atoms with Crippen LogP contribution in [0.1, 0.15) is 5.56 Å². The van der Waals surface area contributed by atoms with Crippen molar-refractivity contribution in [2.24, 2.45) is 0 Å². The fourth-order valence-electron chi connectivity index (χ4n) is 3.00. The van der Waals surface area contributed by atoms with Gasteiger partial charge in [0.2, 0.25) is 0 Å². The summed E-state index contributed by atoms with van der Waals surface area (Å²) in [5.41, 5.74) is 5.32. The molecule has 0 radical (unpaired) electrons. The molecule has 0 saturated carbocycles. The molecular weight excluding hydrogens is 270 g/mol. The minimum Gasteiger partial charge on any atom is -0.454 e. The number of rotatable bonds is 2. The van der Waals surface area contributed by atoms with Gasteiger partial charge in [-0.2, -0.15) is 0 Å². The number of hydrogen-bond acceptors (Lipinski definition) is 2. The highest BCUT2D eigenvalue weighted by Gasteiger charge is 2.14. The summed E-state index contributed by atoms with van der Waals surface area (Å²) in [5.74, 6) is 0. The van der Waals surface area contributed by atoms with E-state index in [0.717, 1.165) is 22.5 Å². The largest absolute Gasteiger partial charge is 0.454 e. The molecule has 0 unspecified atom stereocenters. The summed E-state index contributed by atoms with van der Waals surface area (Å²) < 4.78 is 6.22. The Balaban J connectivity index is 1.99. The highest BCUT2D eigenvalue weighted by Crippen LogP contribution is 2.37. The third-order valence-corrected chi connectivity index (χ3v) is 4.21. The Labute approximate surface area is 129 Å². The summed E-state index contributed by atoms with van der Waals surface area (Å²) in [7, 11) is 2.07. The van der Waals surface area contributed by atoms with Gasteiger partial charge in [-0.1, -0.05) is 48.5 Å². The fourth-order valence-corrected chi connectivity index (χ4v) is 3.00. The molecule has 0 fully saturated rings. The predicted molar refractivity (Wildman–Crippen MR) is 93.0 cm³/mol. The van der Waals surface area contributed by atoms with Gasteiger partial charge in [-0.3, -0.25) is 0 Å². The van der Waals surface area contributed by atoms with E-state index in [1.54, 1.807) is 0 Å². The van der Waals surface area contributed by atoms with Crippen molar-refractivity contribution < 1.29 is 4.42 Å². The van der Waals surface area contributed by atoms with Crippen LogP contribution in [0.15, 0.2) is 71.1 Å². The Bertz CT molecular complexity index is 953. The number of furan rings is 1. The first-order valence-electron chi connectivity index (χ1n) is 7.45. The summed E-state index contributed by atoms with van der Waals surface area (Å²) in [5, 5.41) is 2.34. The second-order valence-electron chi connectivity index (χ2n) is 5.60. The number of aryl methyl sites for hydroxylation is 1. The molecule has 4 rings (SSSR count). The molecule has 0 spiro atoms. The van der Waals surface area contributed by atoms with Gasteiger partial charge in [-0.05, 0) is 30.7 Å². The second kappa shape index (κ2) is 4.92. The summed E-state index contributed by atoms with van der Waals surface area (Å²) in [4.78, 5) is 2.17. The van der Waals surface area contributed by atoms with Crippen LogP contribution in [-0.4, -0.2) is 7.05 Å². The van der Waals surface area contributed by atoms with E-state index in [1.807, 2.05) is 6.07 Å². The van der Waals surface area contributed by atoms with Gasteiger partial charge < -0.3 is 9.32 Å². The van der Waals surface area contributed by atoms with E-state index in [4.69, 9.17) is 4.42 Å². The molecule has 2 nitrogen and oxygen atoms in total. The minimum atomic E-state index is 0.943. The fraction of sp³-hybridized carbons (Fsp3) is 0.100. The van der Waals surface area contributed by atoms with Crippen LogP contribution in [0.3, 0.4) is 0 Å². The van der Waals surface area contributed by atoms with Gasteiger partial charge in [0.05, 0.1) is 5.69 Å². The maximum Gasteiger partial charge on any atom is 0.159 e. The van der Waals surface area contributed by atoms with E-state index < -0.39 is 0 Å². The first-order valence-corrected chi connectivity index (χ1v) is 7.45. The molecule has 0 aliphatic rings. The molecule has 0 saturated heterocycles. The van der Waals surface area contributed by atoms with Gasteiger partial charge in [0.25, 0.3) is 0 Å². The van der Waals surface area contributed by atoms with Gasteiger partial charge in [-0.25, -0.2) is 0 Å². The zero-order valence-corrected chi connectivity index (χ0v) is 12.7. The predicted octanol–water partition coefficient (Wildman–Crippen LogP) is 5.66. The lowest BCUT2D eigenvalue weighted by Gasteiger charge is -2.19. The van der Waals surface area contributed by atoms with Crippen LogP contribution in [-0.2, 0) is 0 Å². The summed E-state index contributed by atoms with van der Waals surface area (Å²) in [6, 6.07) is 23.0. The minimum absolute atomic E-state index is 0.943. The molecule has 2 heteroatoms. The van der Waals surface area contributed by atoms with Crippen molar-refractivity contribution >= 4 is 33.3 Å². The molecular formula is C20H17NO. The number of benzene rings is 3. The van der Waals surface area contributed by atoms with Crippen molar-refractivity contribution in [3.05, 3.63) is 72.3 Å². The highest BCUT2D eigenvalue weighted by molar-refractivity contribution is 6.10. The van der Waals surface area contributed by atoms with Crippen molar-refractivity contribution in [1.29, 1.82) is 0 Å². The van der Waals surface area contributed by atoms with E-state index in [2.05, 4.69) is 79.5 Å². The van der Waals surface area contributed by atoms with Crippen LogP contribution < -0.4 is 4.90 Å². The number of anilines is 2. The Morgan fingerprint density at radius 1 is 0.727 bits per heavy atom. The van der Waals surface area contributed by atoms with Gasteiger partial charge in [0.15, 0.2) is 5.58 Å². The lowest BCUT2D eigenvalue weighted by Crippen LogP contribution is -2.09. The molecule has 1 aromatic heterocycles. The number of para-hydroxylation sites is 3. The van der Waals surface area contributed by atoms with Crippen molar-refractivity contribution in [2.75, 3.05) is 11.9 Å². The van der Waals surface area contributed by atoms with Crippen LogP contribution in [0, 0.1) is 6.92 Å². The molecule has 1 heterocycles. The van der Waals surface area contributed by atoms with Gasteiger partial charge in [0, 0.05) is 23.5 Å². The van der Waals surface area contributed by atoms with E-state index in [-0.39, 0.29) is 0 Å². The summed E-state index contributed by atoms with van der Waals surface area (Å²) >= 11 is 0. The van der Waals surface area contributed by atoms with Gasteiger partial charge in [0.1, 0.15) is 5.58 Å². The van der Waals surface area contributed by atoms with Crippen LogP contribution in [0.2, 0.25) is 0 Å². The average Bonchev–Trinajstić information content (AvgIpc) is 2.95. The number of hydrogen-bond donors (Lipinski definition) is 0. The molecule has 0 N–H and O–H groups in total. The Morgan fingerprint density at radius 2 is 1.41 bits per heavy atom. The van der Waals surface area contributed by atoms with Gasteiger partial charge >= 0.3 is 0 Å². The van der Waals surface area contributed by atoms with E-state index in [0.29, 0.717) is 0 Å². The van der Waals surface area contributed by atoms with Crippen LogP contribution in [0.4, 0.5) is 11.4 Å². The Morgan fingerprint density at radius 3 is 2.18 bits per heavy atom. The lowest BCUT2D eigenvalue weighted by atomic mass is 10.1. The molecule has 3 aromatic carbocycles. The topological polar surface area (TPSA) is 16.4 Å². The average molecular weight is 287 g/mol. The highest BCUT2D eigenvalue weighted by atomic mass is 16.3. The Hall–Kier alpha value is -2.74. The second-order valence-corrected chi connectivity index (χ2v) is 5.60. The molecule has 0 atom stereocenters. The summed E-state index contributed by atoms with van der Waals surface area (Å²) in [6.45, 7) is 2.09. The van der Waals surface area contributed by atoms with Crippen molar-refractivity contribution in [1.82, 2.24) is 0 Å². The molecule has 22 heavy (non-hydrogen) atoms. The first-order chi connectivity index (χ1) is 10.8. The molecule has 0 aliphatic heterocycles. The van der Waals surface area contributed by atoms with Crippen LogP contribution in [0.25, 0.3) is 21.9 Å². The third-order valence-electron chi connectivity index (χ3n) is 4.21. The summed E-state index contributed by atoms with van der Waals surface area (Å²) in [6.07, 6.45) is 0. The van der Waals surface area contributed by atoms with Gasteiger partial charge in [-0.15, -0.1) is 0 Å². The maximum atomic E-state index is 6.22. The zero-order valence-electron chi connectivity index (χ0n) is 12.7. The van der Waals surface area contributed by atoms with Crippen molar-refractivity contribution in [3.63, 3.8) is 0 Å². The molecule has 108 valence electrons. The lowest BCUT2D eigenvalue weighted by molar-refractivity contribution is 0.665. The molecule has 0 aliphatic carbocycles. The number of nitrogens with zero attached hydrogens (tertiary/aromatic N) is 1. The first kappa shape index (κ1) is 13.0. The normalized spacial score (nSPS) is 11.2. The quantitative estimate of drug-likeness (QED) is 0.473.